The van der Waals surface area contributed by atoms with Crippen LogP contribution in [-0.4, -0.2) is 43.2 Å². The van der Waals surface area contributed by atoms with Crippen LogP contribution in [0.15, 0.2) is 0 Å². The molecule has 1 atom stereocenters. The summed E-state index contributed by atoms with van der Waals surface area (Å²) in [4.78, 5) is 14.1. The molecule has 1 aliphatic heterocycles. The fourth-order valence-corrected chi connectivity index (χ4v) is 3.02. The summed E-state index contributed by atoms with van der Waals surface area (Å²) in [6, 6.07) is 0. The molecule has 2 aliphatic rings. The van der Waals surface area contributed by atoms with E-state index >= 15 is 0 Å². The fourth-order valence-electron chi connectivity index (χ4n) is 3.02. The Hall–Kier alpha value is -0.610. The van der Waals surface area contributed by atoms with Crippen LogP contribution in [0.3, 0.4) is 0 Å². The normalized spacial score (nSPS) is 28.0. The van der Waals surface area contributed by atoms with E-state index in [1.54, 1.807) is 0 Å². The second-order valence-corrected chi connectivity index (χ2v) is 5.63. The van der Waals surface area contributed by atoms with Crippen LogP contribution in [-0.2, 0) is 9.53 Å². The quantitative estimate of drug-likeness (QED) is 0.805. The summed E-state index contributed by atoms with van der Waals surface area (Å²) < 4.78 is 5.44. The Morgan fingerprint density at radius 1 is 1.41 bits per heavy atom. The van der Waals surface area contributed by atoms with Gasteiger partial charge in [0.15, 0.2) is 0 Å². The minimum absolute atomic E-state index is 0.126. The van der Waals surface area contributed by atoms with Crippen LogP contribution in [0.25, 0.3) is 0 Å². The van der Waals surface area contributed by atoms with Crippen LogP contribution < -0.4 is 5.73 Å². The molecule has 1 aliphatic carbocycles. The number of rotatable bonds is 3. The molecule has 4 heteroatoms. The number of amides is 1. The predicted octanol–water partition coefficient (Wildman–Crippen LogP) is 1.14. The Morgan fingerprint density at radius 3 is 2.71 bits per heavy atom. The lowest BCUT2D eigenvalue weighted by atomic mass is 9.96. The highest BCUT2D eigenvalue weighted by Gasteiger charge is 2.39. The van der Waals surface area contributed by atoms with Crippen molar-refractivity contribution in [2.75, 3.05) is 26.8 Å². The van der Waals surface area contributed by atoms with Gasteiger partial charge >= 0.3 is 0 Å². The molecule has 1 saturated carbocycles. The van der Waals surface area contributed by atoms with E-state index in [1.807, 2.05) is 11.9 Å². The molecule has 0 aromatic carbocycles. The van der Waals surface area contributed by atoms with E-state index in [4.69, 9.17) is 10.5 Å². The van der Waals surface area contributed by atoms with Gasteiger partial charge in [-0.2, -0.15) is 0 Å². The number of hydrogen-bond acceptors (Lipinski definition) is 3. The van der Waals surface area contributed by atoms with Gasteiger partial charge in [0.05, 0.1) is 12.1 Å². The number of likely N-dealkylation sites (N-methyl/N-ethyl adjacent to an activating group) is 1. The number of hydrogen-bond donors (Lipinski definition) is 1. The molecule has 1 saturated heterocycles. The summed E-state index contributed by atoms with van der Waals surface area (Å²) in [5, 5.41) is 0. The Labute approximate surface area is 103 Å². The molecule has 4 nitrogen and oxygen atoms in total. The number of carbonyl (C=O) groups is 1. The zero-order valence-corrected chi connectivity index (χ0v) is 10.8. The third-order valence-electron chi connectivity index (χ3n) is 4.06. The summed E-state index contributed by atoms with van der Waals surface area (Å²) in [5.41, 5.74) is 5.61. The average molecular weight is 240 g/mol. The zero-order chi connectivity index (χ0) is 12.3. The molecule has 0 spiro atoms. The third kappa shape index (κ3) is 2.99. The van der Waals surface area contributed by atoms with Gasteiger partial charge in [0.2, 0.25) is 5.91 Å². The number of nitrogens with two attached hydrogens (primary N) is 1. The first-order valence-corrected chi connectivity index (χ1v) is 6.74. The Morgan fingerprint density at radius 2 is 2.12 bits per heavy atom. The zero-order valence-electron chi connectivity index (χ0n) is 10.8. The van der Waals surface area contributed by atoms with Crippen LogP contribution >= 0.6 is 0 Å². The van der Waals surface area contributed by atoms with Crippen molar-refractivity contribution < 1.29 is 9.53 Å². The van der Waals surface area contributed by atoms with Gasteiger partial charge in [-0.3, -0.25) is 4.79 Å². The maximum absolute atomic E-state index is 12.3. The lowest BCUT2D eigenvalue weighted by Crippen LogP contribution is -2.53. The Balaban J connectivity index is 1.85. The molecule has 2 fully saturated rings. The second kappa shape index (κ2) is 5.36. The maximum atomic E-state index is 12.3. The van der Waals surface area contributed by atoms with Crippen LogP contribution in [0.5, 0.6) is 0 Å². The summed E-state index contributed by atoms with van der Waals surface area (Å²) in [6.07, 6.45) is 6.13. The Bertz CT molecular complexity index is 269. The van der Waals surface area contributed by atoms with Crippen molar-refractivity contribution in [3.8, 4) is 0 Å². The monoisotopic (exact) mass is 240 g/mol. The molecular weight excluding hydrogens is 216 g/mol. The minimum Gasteiger partial charge on any atom is -0.381 e. The van der Waals surface area contributed by atoms with Crippen LogP contribution in [0.4, 0.5) is 0 Å². The molecule has 0 bridgehead atoms. The van der Waals surface area contributed by atoms with E-state index < -0.39 is 5.54 Å². The van der Waals surface area contributed by atoms with Crippen molar-refractivity contribution in [2.45, 2.75) is 44.1 Å². The van der Waals surface area contributed by atoms with Crippen molar-refractivity contribution in [3.63, 3.8) is 0 Å². The van der Waals surface area contributed by atoms with Crippen LogP contribution in [0.1, 0.15) is 38.5 Å². The Kier molecular flexibility index (Phi) is 4.05. The highest BCUT2D eigenvalue weighted by molar-refractivity contribution is 5.86. The van der Waals surface area contributed by atoms with Gasteiger partial charge in [-0.15, -0.1) is 0 Å². The van der Waals surface area contributed by atoms with E-state index in [2.05, 4.69) is 0 Å². The van der Waals surface area contributed by atoms with E-state index in [0.717, 1.165) is 58.3 Å². The third-order valence-corrected chi connectivity index (χ3v) is 4.06. The highest BCUT2D eigenvalue weighted by Crippen LogP contribution is 2.29. The SMILES string of the molecule is CN(CC1CCCOC1)C(=O)C1(N)CCCC1. The van der Waals surface area contributed by atoms with Crippen molar-refractivity contribution >= 4 is 5.91 Å². The summed E-state index contributed by atoms with van der Waals surface area (Å²) in [7, 11) is 1.88. The largest absolute Gasteiger partial charge is 0.381 e. The molecule has 0 aromatic heterocycles. The van der Waals surface area contributed by atoms with E-state index in [-0.39, 0.29) is 5.91 Å². The lowest BCUT2D eigenvalue weighted by molar-refractivity contribution is -0.136. The predicted molar refractivity (Wildman–Crippen MR) is 66.6 cm³/mol. The fraction of sp³-hybridized carbons (Fsp3) is 0.923. The highest BCUT2D eigenvalue weighted by atomic mass is 16.5. The van der Waals surface area contributed by atoms with Crippen LogP contribution in [0.2, 0.25) is 0 Å². The summed E-state index contributed by atoms with van der Waals surface area (Å²) in [5.74, 6) is 0.614. The number of ether oxygens (including phenoxy) is 1. The minimum atomic E-state index is -0.579. The topological polar surface area (TPSA) is 55.6 Å². The molecular formula is C13H24N2O2. The number of nitrogens with zero attached hydrogens (tertiary/aromatic N) is 1. The summed E-state index contributed by atoms with van der Waals surface area (Å²) >= 11 is 0. The van der Waals surface area contributed by atoms with Gasteiger partial charge in [-0.1, -0.05) is 12.8 Å². The van der Waals surface area contributed by atoms with Gasteiger partial charge in [0.25, 0.3) is 0 Å². The molecule has 2 N–H and O–H groups in total. The van der Waals surface area contributed by atoms with Crippen LogP contribution in [0, 0.1) is 5.92 Å². The van der Waals surface area contributed by atoms with Crippen molar-refractivity contribution in [1.82, 2.24) is 4.90 Å². The molecule has 1 unspecified atom stereocenters. The van der Waals surface area contributed by atoms with E-state index in [9.17, 15) is 4.79 Å². The molecule has 98 valence electrons. The first-order valence-electron chi connectivity index (χ1n) is 6.74. The van der Waals surface area contributed by atoms with E-state index in [0.29, 0.717) is 5.92 Å². The average Bonchev–Trinajstić information content (AvgIpc) is 2.78. The molecule has 1 amide bonds. The molecule has 1 heterocycles. The molecule has 2 rings (SSSR count). The maximum Gasteiger partial charge on any atom is 0.242 e. The lowest BCUT2D eigenvalue weighted by Gasteiger charge is -2.32. The van der Waals surface area contributed by atoms with Gasteiger partial charge in [0.1, 0.15) is 0 Å². The smallest absolute Gasteiger partial charge is 0.242 e. The molecule has 0 radical (unpaired) electrons. The first kappa shape index (κ1) is 12.8. The van der Waals surface area contributed by atoms with Crippen molar-refractivity contribution in [3.05, 3.63) is 0 Å². The van der Waals surface area contributed by atoms with Crippen molar-refractivity contribution in [2.24, 2.45) is 11.7 Å². The van der Waals surface area contributed by atoms with Gasteiger partial charge in [0, 0.05) is 20.2 Å². The first-order chi connectivity index (χ1) is 8.12. The number of carbonyl (C=O) groups excluding carboxylic acids is 1. The van der Waals surface area contributed by atoms with Gasteiger partial charge < -0.3 is 15.4 Å². The van der Waals surface area contributed by atoms with Crippen molar-refractivity contribution in [1.29, 1.82) is 0 Å². The molecule has 0 aromatic rings. The van der Waals surface area contributed by atoms with E-state index in [1.165, 1.54) is 0 Å². The van der Waals surface area contributed by atoms with Gasteiger partial charge in [-0.25, -0.2) is 0 Å². The second-order valence-electron chi connectivity index (χ2n) is 5.63. The van der Waals surface area contributed by atoms with Gasteiger partial charge in [-0.05, 0) is 31.6 Å². The summed E-state index contributed by atoms with van der Waals surface area (Å²) in [6.45, 7) is 2.45. The standard InChI is InChI=1S/C13H24N2O2/c1-15(9-11-5-4-8-17-10-11)12(16)13(14)6-2-3-7-13/h11H,2-10,14H2,1H3. The molecule has 17 heavy (non-hydrogen) atoms.